The lowest BCUT2D eigenvalue weighted by Crippen LogP contribution is -2.19. The van der Waals surface area contributed by atoms with Gasteiger partial charge in [-0.3, -0.25) is 9.79 Å². The maximum Gasteiger partial charge on any atom is 0.187 e. The number of benzene rings is 2. The van der Waals surface area contributed by atoms with Crippen molar-refractivity contribution in [3.8, 4) is 11.5 Å². The van der Waals surface area contributed by atoms with Crippen molar-refractivity contribution >= 4 is 33.6 Å². The van der Waals surface area contributed by atoms with Gasteiger partial charge in [0.1, 0.15) is 28.6 Å². The van der Waals surface area contributed by atoms with Crippen LogP contribution in [0.25, 0.3) is 0 Å². The third-order valence-electron chi connectivity index (χ3n) is 4.29. The Morgan fingerprint density at radius 1 is 1.14 bits per heavy atom. The van der Waals surface area contributed by atoms with E-state index in [1.165, 1.54) is 0 Å². The lowest BCUT2D eigenvalue weighted by atomic mass is 10.0. The average Bonchev–Trinajstić information content (AvgIpc) is 2.72. The summed E-state index contributed by atoms with van der Waals surface area (Å²) in [7, 11) is 7.11. The summed E-state index contributed by atoms with van der Waals surface area (Å²) in [5.74, 6) is 1.16. The molecule has 2 rings (SSSR count). The maximum absolute atomic E-state index is 12.7. The van der Waals surface area contributed by atoms with Crippen LogP contribution in [0, 0.1) is 0 Å². The number of ketones is 1. The Kier molecular flexibility index (Phi) is 8.67. The third-order valence-corrected chi connectivity index (χ3v) is 5.08. The number of ether oxygens (including phenoxy) is 3. The molecule has 2 aromatic carbocycles. The predicted molar refractivity (Wildman–Crippen MR) is 120 cm³/mol. The van der Waals surface area contributed by atoms with E-state index in [9.17, 15) is 4.79 Å². The van der Waals surface area contributed by atoms with Crippen molar-refractivity contribution in [3.63, 3.8) is 0 Å². The fourth-order valence-electron chi connectivity index (χ4n) is 2.78. The molecule has 0 bridgehead atoms. The van der Waals surface area contributed by atoms with E-state index in [4.69, 9.17) is 14.2 Å². The minimum absolute atomic E-state index is 0.0147. The molecule has 29 heavy (non-hydrogen) atoms. The van der Waals surface area contributed by atoms with Gasteiger partial charge in [0.25, 0.3) is 0 Å². The van der Waals surface area contributed by atoms with Gasteiger partial charge in [0.05, 0.1) is 14.2 Å². The van der Waals surface area contributed by atoms with Crippen LogP contribution in [0.4, 0.5) is 5.69 Å². The summed E-state index contributed by atoms with van der Waals surface area (Å²) >= 11 is 3.44. The number of aliphatic imine (C=N–C) groups is 1. The number of methoxy groups -OCH3 is 2. The van der Waals surface area contributed by atoms with Gasteiger partial charge < -0.3 is 19.1 Å². The molecule has 0 aliphatic carbocycles. The molecule has 156 valence electrons. The highest BCUT2D eigenvalue weighted by molar-refractivity contribution is 9.10. The first kappa shape index (κ1) is 22.9. The standard InChI is InChI=1S/C22H27BrN2O4/c1-6-29-22(16-7-9-17(10-8-16)25(2)3)18(26)14-24-13-15-11-19(27-4)21(23)20(12-15)28-5/h7-13,22H,6,14H2,1-5H3. The molecule has 0 N–H and O–H groups in total. The van der Waals surface area contributed by atoms with Gasteiger partial charge in [-0.25, -0.2) is 0 Å². The fourth-order valence-corrected chi connectivity index (χ4v) is 3.33. The highest BCUT2D eigenvalue weighted by Gasteiger charge is 2.20. The second-order valence-electron chi connectivity index (χ2n) is 6.50. The summed E-state index contributed by atoms with van der Waals surface area (Å²) in [6.07, 6.45) is 0.996. The van der Waals surface area contributed by atoms with Crippen LogP contribution < -0.4 is 14.4 Å². The molecule has 0 fully saturated rings. The monoisotopic (exact) mass is 462 g/mol. The van der Waals surface area contributed by atoms with Crippen molar-refractivity contribution in [2.75, 3.05) is 46.4 Å². The van der Waals surface area contributed by atoms with Gasteiger partial charge in [-0.2, -0.15) is 0 Å². The van der Waals surface area contributed by atoms with Gasteiger partial charge in [0, 0.05) is 32.6 Å². The van der Waals surface area contributed by atoms with E-state index in [0.717, 1.165) is 21.3 Å². The molecule has 1 atom stereocenters. The van der Waals surface area contributed by atoms with Crippen LogP contribution in [0.5, 0.6) is 11.5 Å². The minimum Gasteiger partial charge on any atom is -0.495 e. The van der Waals surface area contributed by atoms with E-state index in [1.807, 2.05) is 62.3 Å². The number of carbonyl (C=O) groups is 1. The van der Waals surface area contributed by atoms with Gasteiger partial charge in [-0.1, -0.05) is 12.1 Å². The lowest BCUT2D eigenvalue weighted by molar-refractivity contribution is -0.129. The van der Waals surface area contributed by atoms with Crippen LogP contribution in [0.15, 0.2) is 45.9 Å². The first-order valence-corrected chi connectivity index (χ1v) is 10.0. The molecule has 0 heterocycles. The Balaban J connectivity index is 2.14. The van der Waals surface area contributed by atoms with E-state index >= 15 is 0 Å². The summed E-state index contributed by atoms with van der Waals surface area (Å²) in [6, 6.07) is 11.4. The van der Waals surface area contributed by atoms with E-state index in [2.05, 4.69) is 20.9 Å². The van der Waals surface area contributed by atoms with E-state index in [-0.39, 0.29) is 12.3 Å². The molecule has 0 spiro atoms. The number of halogens is 1. The molecule has 0 aliphatic rings. The number of rotatable bonds is 10. The predicted octanol–water partition coefficient (Wildman–Crippen LogP) is 4.30. The molecular formula is C22H27BrN2O4. The molecule has 0 saturated carbocycles. The number of anilines is 1. The molecule has 0 amide bonds. The summed E-state index contributed by atoms with van der Waals surface area (Å²) in [5, 5.41) is 0. The summed E-state index contributed by atoms with van der Waals surface area (Å²) in [4.78, 5) is 19.1. The number of Topliss-reactive ketones (excluding diaryl/α,β-unsaturated/α-hetero) is 1. The van der Waals surface area contributed by atoms with Gasteiger partial charge in [-0.15, -0.1) is 0 Å². The van der Waals surface area contributed by atoms with Gasteiger partial charge >= 0.3 is 0 Å². The molecule has 1 unspecified atom stereocenters. The van der Waals surface area contributed by atoms with Crippen molar-refractivity contribution in [3.05, 3.63) is 52.0 Å². The smallest absolute Gasteiger partial charge is 0.187 e. The van der Waals surface area contributed by atoms with Crippen LogP contribution in [0.3, 0.4) is 0 Å². The van der Waals surface area contributed by atoms with Crippen molar-refractivity contribution in [1.29, 1.82) is 0 Å². The van der Waals surface area contributed by atoms with Gasteiger partial charge in [-0.05, 0) is 58.2 Å². The van der Waals surface area contributed by atoms with Crippen molar-refractivity contribution in [1.82, 2.24) is 0 Å². The number of hydrogen-bond acceptors (Lipinski definition) is 6. The lowest BCUT2D eigenvalue weighted by Gasteiger charge is -2.17. The first-order valence-electron chi connectivity index (χ1n) is 9.24. The number of hydrogen-bond donors (Lipinski definition) is 0. The highest BCUT2D eigenvalue weighted by atomic mass is 79.9. The number of carbonyl (C=O) groups excluding carboxylic acids is 1. The van der Waals surface area contributed by atoms with Crippen LogP contribution in [-0.2, 0) is 9.53 Å². The zero-order valence-corrected chi connectivity index (χ0v) is 19.0. The maximum atomic E-state index is 12.7. The SMILES string of the molecule is CCOC(C(=O)CN=Cc1cc(OC)c(Br)c(OC)c1)c1ccc(N(C)C)cc1. The molecule has 0 radical (unpaired) electrons. The topological polar surface area (TPSA) is 60.4 Å². The van der Waals surface area contributed by atoms with Gasteiger partial charge in [0.2, 0.25) is 0 Å². The summed E-state index contributed by atoms with van der Waals surface area (Å²) < 4.78 is 17.1. The van der Waals surface area contributed by atoms with E-state index < -0.39 is 6.10 Å². The van der Waals surface area contributed by atoms with Crippen LogP contribution in [0.2, 0.25) is 0 Å². The zero-order chi connectivity index (χ0) is 21.4. The van der Waals surface area contributed by atoms with Gasteiger partial charge in [0.15, 0.2) is 5.78 Å². The highest BCUT2D eigenvalue weighted by Crippen LogP contribution is 2.35. The van der Waals surface area contributed by atoms with Crippen molar-refractivity contribution in [2.45, 2.75) is 13.0 Å². The van der Waals surface area contributed by atoms with Crippen LogP contribution in [-0.4, -0.2) is 53.5 Å². The Morgan fingerprint density at radius 2 is 1.72 bits per heavy atom. The molecule has 0 saturated heterocycles. The Hall–Kier alpha value is -2.38. The van der Waals surface area contributed by atoms with Crippen molar-refractivity contribution < 1.29 is 19.0 Å². The summed E-state index contributed by atoms with van der Waals surface area (Å²) in [5.41, 5.74) is 2.66. The third kappa shape index (κ3) is 6.05. The normalized spacial score (nSPS) is 12.1. The molecule has 2 aromatic rings. The van der Waals surface area contributed by atoms with E-state index in [1.54, 1.807) is 20.4 Å². The second kappa shape index (κ2) is 11.0. The van der Waals surface area contributed by atoms with Crippen LogP contribution >= 0.6 is 15.9 Å². The molecule has 0 aromatic heterocycles. The van der Waals surface area contributed by atoms with Crippen molar-refractivity contribution in [2.24, 2.45) is 4.99 Å². The molecule has 7 heteroatoms. The quantitative estimate of drug-likeness (QED) is 0.492. The fraction of sp³-hybridized carbons (Fsp3) is 0.364. The first-order chi connectivity index (χ1) is 13.9. The Morgan fingerprint density at radius 3 is 2.21 bits per heavy atom. The average molecular weight is 463 g/mol. The molecular weight excluding hydrogens is 436 g/mol. The molecule has 6 nitrogen and oxygen atoms in total. The van der Waals surface area contributed by atoms with Crippen LogP contribution in [0.1, 0.15) is 24.2 Å². The Bertz CT molecular complexity index is 825. The van der Waals surface area contributed by atoms with E-state index in [0.29, 0.717) is 18.1 Å². The zero-order valence-electron chi connectivity index (χ0n) is 17.4. The Labute approximate surface area is 180 Å². The summed E-state index contributed by atoms with van der Waals surface area (Å²) in [6.45, 7) is 2.33. The largest absolute Gasteiger partial charge is 0.495 e. The number of nitrogens with zero attached hydrogens (tertiary/aromatic N) is 2. The molecule has 0 aliphatic heterocycles. The second-order valence-corrected chi connectivity index (χ2v) is 7.29. The minimum atomic E-state index is -0.637.